The van der Waals surface area contributed by atoms with Crippen molar-refractivity contribution in [2.24, 2.45) is 0 Å². The molecule has 1 aromatic heterocycles. The van der Waals surface area contributed by atoms with Gasteiger partial charge in [0, 0.05) is 0 Å². The molecule has 1 aromatic carbocycles. The number of ether oxygens (including phenoxy) is 2. The van der Waals surface area contributed by atoms with Gasteiger partial charge in [0.1, 0.15) is 6.10 Å². The Morgan fingerprint density at radius 3 is 2.39 bits per heavy atom. The van der Waals surface area contributed by atoms with E-state index in [4.69, 9.17) is 9.47 Å². The second-order valence-electron chi connectivity index (χ2n) is 3.70. The van der Waals surface area contributed by atoms with E-state index in [2.05, 4.69) is 22.6 Å². The fraction of sp³-hybridized carbons (Fsp3) is 0.231. The topological polar surface area (TPSA) is 38.7 Å². The first-order valence-corrected chi connectivity index (χ1v) is 7.25. The lowest BCUT2D eigenvalue weighted by atomic mass is 10.0. The number of benzene rings is 1. The summed E-state index contributed by atoms with van der Waals surface area (Å²) in [5, 5.41) is 12.3. The van der Waals surface area contributed by atoms with Crippen LogP contribution in [0.1, 0.15) is 17.2 Å². The van der Waals surface area contributed by atoms with E-state index in [0.717, 1.165) is 14.0 Å². The van der Waals surface area contributed by atoms with E-state index in [9.17, 15) is 5.11 Å². The van der Waals surface area contributed by atoms with Gasteiger partial charge in [0.15, 0.2) is 11.5 Å². The van der Waals surface area contributed by atoms with Gasteiger partial charge in [0.25, 0.3) is 0 Å². The smallest absolute Gasteiger partial charge is 0.161 e. The average molecular weight is 376 g/mol. The van der Waals surface area contributed by atoms with Crippen molar-refractivity contribution in [1.82, 2.24) is 0 Å². The Bertz CT molecular complexity index is 539. The summed E-state index contributed by atoms with van der Waals surface area (Å²) in [6.07, 6.45) is -0.635. The Labute approximate surface area is 124 Å². The van der Waals surface area contributed by atoms with E-state index in [1.165, 1.54) is 0 Å². The number of halogens is 1. The lowest BCUT2D eigenvalue weighted by Gasteiger charge is -2.13. The van der Waals surface area contributed by atoms with Crippen LogP contribution in [0.4, 0.5) is 0 Å². The summed E-state index contributed by atoms with van der Waals surface area (Å²) in [4.78, 5) is 0. The number of aliphatic hydroxyl groups is 1. The molecule has 0 aliphatic rings. The van der Waals surface area contributed by atoms with E-state index in [1.807, 2.05) is 17.5 Å². The molecule has 0 radical (unpaired) electrons. The zero-order chi connectivity index (χ0) is 13.1. The summed E-state index contributed by atoms with van der Waals surface area (Å²) in [6, 6.07) is 7.42. The fourth-order valence-corrected chi connectivity index (χ4v) is 3.07. The van der Waals surface area contributed by atoms with E-state index >= 15 is 0 Å². The Morgan fingerprint density at radius 1 is 1.11 bits per heavy atom. The van der Waals surface area contributed by atoms with Crippen LogP contribution in [0, 0.1) is 2.88 Å². The van der Waals surface area contributed by atoms with Crippen molar-refractivity contribution in [2.45, 2.75) is 6.10 Å². The third-order valence-corrected chi connectivity index (χ3v) is 4.43. The molecule has 0 fully saturated rings. The molecule has 1 heterocycles. The van der Waals surface area contributed by atoms with Crippen molar-refractivity contribution >= 4 is 33.9 Å². The van der Waals surface area contributed by atoms with Gasteiger partial charge in [-0.1, -0.05) is 6.07 Å². The van der Waals surface area contributed by atoms with Crippen molar-refractivity contribution in [3.05, 3.63) is 43.7 Å². The highest BCUT2D eigenvalue weighted by atomic mass is 127. The molecule has 2 rings (SSSR count). The number of rotatable bonds is 4. The predicted molar refractivity (Wildman–Crippen MR) is 80.6 cm³/mol. The first-order chi connectivity index (χ1) is 8.65. The van der Waals surface area contributed by atoms with Crippen LogP contribution in [0.25, 0.3) is 0 Å². The molecule has 96 valence electrons. The zero-order valence-electron chi connectivity index (χ0n) is 10.0. The molecule has 0 spiro atoms. The van der Waals surface area contributed by atoms with Crippen molar-refractivity contribution < 1.29 is 14.6 Å². The Kier molecular flexibility index (Phi) is 4.47. The molecule has 18 heavy (non-hydrogen) atoms. The van der Waals surface area contributed by atoms with Gasteiger partial charge >= 0.3 is 0 Å². The minimum atomic E-state index is -0.635. The number of aliphatic hydroxyl groups excluding tert-OH is 1. The quantitative estimate of drug-likeness (QED) is 0.831. The average Bonchev–Trinajstić information content (AvgIpc) is 2.83. The van der Waals surface area contributed by atoms with E-state index in [0.29, 0.717) is 11.5 Å². The highest BCUT2D eigenvalue weighted by Crippen LogP contribution is 2.33. The van der Waals surface area contributed by atoms with Crippen LogP contribution in [0.15, 0.2) is 29.6 Å². The highest BCUT2D eigenvalue weighted by molar-refractivity contribution is 14.1. The molecule has 0 bridgehead atoms. The van der Waals surface area contributed by atoms with E-state index in [-0.39, 0.29) is 0 Å². The van der Waals surface area contributed by atoms with Crippen molar-refractivity contribution in [3.63, 3.8) is 0 Å². The summed E-state index contributed by atoms with van der Waals surface area (Å²) in [6.45, 7) is 0. The summed E-state index contributed by atoms with van der Waals surface area (Å²) in [7, 11) is 3.18. The third kappa shape index (κ3) is 2.78. The number of methoxy groups -OCH3 is 2. The molecule has 5 heteroatoms. The summed E-state index contributed by atoms with van der Waals surface area (Å²) in [5.74, 6) is 1.28. The van der Waals surface area contributed by atoms with Gasteiger partial charge in [-0.3, -0.25) is 0 Å². The van der Waals surface area contributed by atoms with Gasteiger partial charge in [0.05, 0.1) is 17.1 Å². The molecule has 1 atom stereocenters. The molecular formula is C13H13IO3S. The second-order valence-corrected chi connectivity index (χ2v) is 6.51. The van der Waals surface area contributed by atoms with Gasteiger partial charge < -0.3 is 14.6 Å². The lowest BCUT2D eigenvalue weighted by molar-refractivity contribution is 0.220. The third-order valence-electron chi connectivity index (χ3n) is 2.63. The molecule has 0 aliphatic heterocycles. The molecule has 0 saturated carbocycles. The Balaban J connectivity index is 2.33. The Morgan fingerprint density at radius 2 is 1.83 bits per heavy atom. The van der Waals surface area contributed by atoms with Crippen LogP contribution in [0.3, 0.4) is 0 Å². The van der Waals surface area contributed by atoms with Crippen molar-refractivity contribution in [3.8, 4) is 11.5 Å². The lowest BCUT2D eigenvalue weighted by Crippen LogP contribution is -1.99. The molecule has 0 saturated heterocycles. The van der Waals surface area contributed by atoms with Crippen LogP contribution in [0.2, 0.25) is 0 Å². The van der Waals surface area contributed by atoms with Crippen LogP contribution in [0.5, 0.6) is 11.5 Å². The monoisotopic (exact) mass is 376 g/mol. The summed E-state index contributed by atoms with van der Waals surface area (Å²) in [5.41, 5.74) is 1.69. The standard InChI is InChI=1S/C13H13IO3S/c1-16-10-4-3-8(5-11(10)17-2)13(15)9-6-12(14)18-7-9/h3-7,13,15H,1-2H3. The van der Waals surface area contributed by atoms with Gasteiger partial charge in [-0.25, -0.2) is 0 Å². The first-order valence-electron chi connectivity index (χ1n) is 5.29. The maximum Gasteiger partial charge on any atom is 0.161 e. The van der Waals surface area contributed by atoms with Gasteiger partial charge in [-0.15, -0.1) is 11.3 Å². The molecule has 1 N–H and O–H groups in total. The minimum Gasteiger partial charge on any atom is -0.493 e. The molecule has 1 unspecified atom stereocenters. The highest BCUT2D eigenvalue weighted by Gasteiger charge is 2.14. The fourth-order valence-electron chi connectivity index (χ4n) is 1.68. The predicted octanol–water partition coefficient (Wildman–Crippen LogP) is 3.45. The van der Waals surface area contributed by atoms with Crippen molar-refractivity contribution in [1.29, 1.82) is 0 Å². The molecule has 3 nitrogen and oxygen atoms in total. The molecular weight excluding hydrogens is 363 g/mol. The summed E-state index contributed by atoms with van der Waals surface area (Å²) >= 11 is 3.86. The Hall–Kier alpha value is -0.790. The minimum absolute atomic E-state index is 0.624. The maximum absolute atomic E-state index is 10.3. The zero-order valence-corrected chi connectivity index (χ0v) is 13.0. The molecule has 0 amide bonds. The first kappa shape index (κ1) is 13.6. The number of hydrogen-bond donors (Lipinski definition) is 1. The SMILES string of the molecule is COc1ccc(C(O)c2csc(I)c2)cc1OC. The van der Waals surface area contributed by atoms with Crippen LogP contribution < -0.4 is 9.47 Å². The molecule has 0 aliphatic carbocycles. The van der Waals surface area contributed by atoms with Crippen LogP contribution >= 0.6 is 33.9 Å². The maximum atomic E-state index is 10.3. The second kappa shape index (κ2) is 5.90. The summed E-state index contributed by atoms with van der Waals surface area (Å²) < 4.78 is 11.6. The molecule has 2 aromatic rings. The van der Waals surface area contributed by atoms with Gasteiger partial charge in [0.2, 0.25) is 0 Å². The largest absolute Gasteiger partial charge is 0.493 e. The van der Waals surface area contributed by atoms with Crippen LogP contribution in [-0.4, -0.2) is 19.3 Å². The van der Waals surface area contributed by atoms with E-state index < -0.39 is 6.10 Å². The number of thiophene rings is 1. The van der Waals surface area contributed by atoms with Gasteiger partial charge in [-0.05, 0) is 57.3 Å². The number of hydrogen-bond acceptors (Lipinski definition) is 4. The van der Waals surface area contributed by atoms with Gasteiger partial charge in [-0.2, -0.15) is 0 Å². The van der Waals surface area contributed by atoms with E-state index in [1.54, 1.807) is 37.7 Å². The van der Waals surface area contributed by atoms with Crippen LogP contribution in [-0.2, 0) is 0 Å². The normalized spacial score (nSPS) is 12.2. The van der Waals surface area contributed by atoms with Crippen molar-refractivity contribution in [2.75, 3.05) is 14.2 Å².